The molecule has 16 heavy (non-hydrogen) atoms. The van der Waals surface area contributed by atoms with E-state index >= 15 is 0 Å². The fourth-order valence-electron chi connectivity index (χ4n) is 1.45. The summed E-state index contributed by atoms with van der Waals surface area (Å²) in [5.74, 6) is 0.754. The van der Waals surface area contributed by atoms with Crippen LogP contribution in [-0.2, 0) is 0 Å². The Morgan fingerprint density at radius 2 is 2.12 bits per heavy atom. The van der Waals surface area contributed by atoms with E-state index in [0.29, 0.717) is 18.7 Å². The molecule has 0 spiro atoms. The van der Waals surface area contributed by atoms with Crippen LogP contribution in [0, 0.1) is 22.7 Å². The van der Waals surface area contributed by atoms with E-state index in [2.05, 4.69) is 11.1 Å². The molecule has 0 aliphatic rings. The van der Waals surface area contributed by atoms with Crippen molar-refractivity contribution in [1.82, 2.24) is 4.98 Å². The Morgan fingerprint density at radius 1 is 1.38 bits per heavy atom. The van der Waals surface area contributed by atoms with Crippen LogP contribution < -0.4 is 4.90 Å². The van der Waals surface area contributed by atoms with Crippen molar-refractivity contribution in [1.29, 1.82) is 10.5 Å². The SMILES string of the molecule is CC(C)N(CCC#N)c1cccc(C#N)n1. The van der Waals surface area contributed by atoms with Crippen LogP contribution in [0.1, 0.15) is 26.0 Å². The van der Waals surface area contributed by atoms with Gasteiger partial charge < -0.3 is 4.90 Å². The minimum atomic E-state index is 0.259. The van der Waals surface area contributed by atoms with E-state index in [-0.39, 0.29) is 6.04 Å². The number of hydrogen-bond acceptors (Lipinski definition) is 4. The normalized spacial score (nSPS) is 9.56. The maximum atomic E-state index is 8.78. The topological polar surface area (TPSA) is 63.7 Å². The van der Waals surface area contributed by atoms with Gasteiger partial charge in [-0.1, -0.05) is 6.07 Å². The summed E-state index contributed by atoms with van der Waals surface area (Å²) in [6.07, 6.45) is 0.455. The zero-order valence-electron chi connectivity index (χ0n) is 9.51. The summed E-state index contributed by atoms with van der Waals surface area (Å²) in [6.45, 7) is 4.71. The molecule has 4 nitrogen and oxygen atoms in total. The largest absolute Gasteiger partial charge is 0.353 e. The van der Waals surface area contributed by atoms with Crippen LogP contribution in [0.15, 0.2) is 18.2 Å². The van der Waals surface area contributed by atoms with E-state index in [1.54, 1.807) is 6.07 Å². The minimum absolute atomic E-state index is 0.259. The molecule has 0 radical (unpaired) electrons. The van der Waals surface area contributed by atoms with Gasteiger partial charge in [0, 0.05) is 12.6 Å². The summed E-state index contributed by atoms with van der Waals surface area (Å²) in [4.78, 5) is 6.24. The molecule has 0 amide bonds. The molecule has 0 bridgehead atoms. The average molecular weight is 214 g/mol. The summed E-state index contributed by atoms with van der Waals surface area (Å²) in [5, 5.41) is 17.4. The van der Waals surface area contributed by atoms with Crippen molar-refractivity contribution in [2.75, 3.05) is 11.4 Å². The quantitative estimate of drug-likeness (QED) is 0.769. The summed E-state index contributed by atoms with van der Waals surface area (Å²) < 4.78 is 0. The van der Waals surface area contributed by atoms with Gasteiger partial charge in [0.1, 0.15) is 17.6 Å². The highest BCUT2D eigenvalue weighted by Gasteiger charge is 2.11. The maximum absolute atomic E-state index is 8.78. The van der Waals surface area contributed by atoms with E-state index in [1.807, 2.05) is 36.9 Å². The highest BCUT2D eigenvalue weighted by Crippen LogP contribution is 2.14. The number of pyridine rings is 1. The number of hydrogen-bond donors (Lipinski definition) is 0. The zero-order valence-corrected chi connectivity index (χ0v) is 9.51. The van der Waals surface area contributed by atoms with Crippen molar-refractivity contribution in [3.63, 3.8) is 0 Å². The number of anilines is 1. The van der Waals surface area contributed by atoms with Crippen molar-refractivity contribution >= 4 is 5.82 Å². The van der Waals surface area contributed by atoms with Crippen LogP contribution in [0.5, 0.6) is 0 Å². The van der Waals surface area contributed by atoms with Crippen molar-refractivity contribution in [2.24, 2.45) is 0 Å². The van der Waals surface area contributed by atoms with Crippen molar-refractivity contribution in [3.8, 4) is 12.1 Å². The van der Waals surface area contributed by atoms with Crippen molar-refractivity contribution in [2.45, 2.75) is 26.3 Å². The average Bonchev–Trinajstić information content (AvgIpc) is 2.29. The first-order valence-electron chi connectivity index (χ1n) is 5.19. The van der Waals surface area contributed by atoms with Crippen LogP contribution in [0.25, 0.3) is 0 Å². The van der Waals surface area contributed by atoms with Crippen molar-refractivity contribution < 1.29 is 0 Å². The summed E-state index contributed by atoms with van der Waals surface area (Å²) in [5.41, 5.74) is 0.403. The molecular weight excluding hydrogens is 200 g/mol. The van der Waals surface area contributed by atoms with Crippen LogP contribution in [0.2, 0.25) is 0 Å². The second-order valence-corrected chi connectivity index (χ2v) is 3.69. The molecule has 0 saturated heterocycles. The summed E-state index contributed by atoms with van der Waals surface area (Å²) in [7, 11) is 0. The molecule has 1 aromatic rings. The van der Waals surface area contributed by atoms with Crippen LogP contribution in [-0.4, -0.2) is 17.6 Å². The Bertz CT molecular complexity index is 425. The summed E-state index contributed by atoms with van der Waals surface area (Å²) >= 11 is 0. The lowest BCUT2D eigenvalue weighted by Gasteiger charge is -2.26. The Hall–Kier alpha value is -2.07. The highest BCUT2D eigenvalue weighted by atomic mass is 15.2. The van der Waals surface area contributed by atoms with E-state index in [1.165, 1.54) is 0 Å². The third kappa shape index (κ3) is 2.96. The Balaban J connectivity index is 2.93. The van der Waals surface area contributed by atoms with Gasteiger partial charge in [0.2, 0.25) is 0 Å². The molecule has 1 heterocycles. The number of rotatable bonds is 4. The fraction of sp³-hybridized carbons (Fsp3) is 0.417. The maximum Gasteiger partial charge on any atom is 0.142 e. The molecule has 0 aliphatic heterocycles. The molecule has 1 rings (SSSR count). The Kier molecular flexibility index (Phi) is 4.29. The van der Waals surface area contributed by atoms with E-state index in [0.717, 1.165) is 5.82 Å². The first kappa shape index (κ1) is 12.0. The van der Waals surface area contributed by atoms with Gasteiger partial charge in [-0.2, -0.15) is 10.5 Å². The second-order valence-electron chi connectivity index (χ2n) is 3.69. The third-order valence-electron chi connectivity index (χ3n) is 2.23. The Labute approximate surface area is 95.8 Å². The molecule has 0 aliphatic carbocycles. The smallest absolute Gasteiger partial charge is 0.142 e. The molecule has 0 atom stereocenters. The predicted molar refractivity (Wildman–Crippen MR) is 61.7 cm³/mol. The van der Waals surface area contributed by atoms with Crippen molar-refractivity contribution in [3.05, 3.63) is 23.9 Å². The van der Waals surface area contributed by atoms with Gasteiger partial charge in [-0.15, -0.1) is 0 Å². The number of aromatic nitrogens is 1. The van der Waals surface area contributed by atoms with Gasteiger partial charge in [-0.05, 0) is 26.0 Å². The lowest BCUT2D eigenvalue weighted by Crippen LogP contribution is -2.32. The zero-order chi connectivity index (χ0) is 12.0. The molecule has 0 aromatic carbocycles. The monoisotopic (exact) mass is 214 g/mol. The molecule has 82 valence electrons. The van der Waals surface area contributed by atoms with E-state index in [9.17, 15) is 0 Å². The lowest BCUT2D eigenvalue weighted by molar-refractivity contribution is 0.676. The summed E-state index contributed by atoms with van der Waals surface area (Å²) in [6, 6.07) is 9.73. The van der Waals surface area contributed by atoms with E-state index < -0.39 is 0 Å². The minimum Gasteiger partial charge on any atom is -0.353 e. The molecule has 4 heteroatoms. The lowest BCUT2D eigenvalue weighted by atomic mass is 10.2. The molecule has 1 aromatic heterocycles. The standard InChI is InChI=1S/C12H14N4/c1-10(2)16(8-4-7-13)12-6-3-5-11(9-14)15-12/h3,5-6,10H,4,8H2,1-2H3. The van der Waals surface area contributed by atoms with Gasteiger partial charge in [-0.3, -0.25) is 0 Å². The Morgan fingerprint density at radius 3 is 2.69 bits per heavy atom. The van der Waals surface area contributed by atoms with Gasteiger partial charge in [0.25, 0.3) is 0 Å². The molecular formula is C12H14N4. The predicted octanol–water partition coefficient (Wildman–Crippen LogP) is 2.08. The second kappa shape index (κ2) is 5.72. The van der Waals surface area contributed by atoms with Crippen LogP contribution in [0.3, 0.4) is 0 Å². The van der Waals surface area contributed by atoms with Gasteiger partial charge in [0.15, 0.2) is 0 Å². The number of nitriles is 2. The first-order chi connectivity index (χ1) is 7.69. The molecule has 0 unspecified atom stereocenters. The van der Waals surface area contributed by atoms with E-state index in [4.69, 9.17) is 10.5 Å². The first-order valence-corrected chi connectivity index (χ1v) is 5.19. The molecule has 0 N–H and O–H groups in total. The molecule has 0 fully saturated rings. The van der Waals surface area contributed by atoms with Gasteiger partial charge in [-0.25, -0.2) is 4.98 Å². The fourth-order valence-corrected chi connectivity index (χ4v) is 1.45. The number of nitrogens with zero attached hydrogens (tertiary/aromatic N) is 4. The van der Waals surface area contributed by atoms with Crippen LogP contribution in [0.4, 0.5) is 5.82 Å². The van der Waals surface area contributed by atoms with Gasteiger partial charge >= 0.3 is 0 Å². The van der Waals surface area contributed by atoms with Gasteiger partial charge in [0.05, 0.1) is 12.5 Å². The third-order valence-corrected chi connectivity index (χ3v) is 2.23. The van der Waals surface area contributed by atoms with Crippen LogP contribution >= 0.6 is 0 Å². The highest BCUT2D eigenvalue weighted by molar-refractivity contribution is 5.42. The molecule has 0 saturated carbocycles.